The Labute approximate surface area is 147 Å². The van der Waals surface area contributed by atoms with Gasteiger partial charge in [-0.1, -0.05) is 11.6 Å². The molecule has 128 valence electrons. The average Bonchev–Trinajstić information content (AvgIpc) is 3.02. The van der Waals surface area contributed by atoms with Crippen LogP contribution in [-0.4, -0.2) is 59.9 Å². The molecule has 0 aliphatic carbocycles. The van der Waals surface area contributed by atoms with Crippen LogP contribution in [0.15, 0.2) is 28.7 Å². The van der Waals surface area contributed by atoms with E-state index in [4.69, 9.17) is 16.7 Å². The van der Waals surface area contributed by atoms with E-state index in [2.05, 4.69) is 9.97 Å². The molecule has 24 heavy (non-hydrogen) atoms. The third-order valence-corrected chi connectivity index (χ3v) is 7.16. The zero-order chi connectivity index (χ0) is 17.3. The molecule has 1 aliphatic heterocycles. The second-order valence-electron chi connectivity index (χ2n) is 5.01. The largest absolute Gasteiger partial charge is 0.476 e. The van der Waals surface area contributed by atoms with Crippen molar-refractivity contribution in [3.63, 3.8) is 0 Å². The quantitative estimate of drug-likeness (QED) is 0.844. The van der Waals surface area contributed by atoms with Crippen molar-refractivity contribution in [2.75, 3.05) is 31.1 Å². The van der Waals surface area contributed by atoms with Crippen molar-refractivity contribution in [1.29, 1.82) is 0 Å². The van der Waals surface area contributed by atoms with Crippen LogP contribution in [0.5, 0.6) is 0 Å². The van der Waals surface area contributed by atoms with Crippen LogP contribution < -0.4 is 4.90 Å². The van der Waals surface area contributed by atoms with Gasteiger partial charge < -0.3 is 10.0 Å². The molecule has 2 aromatic heterocycles. The highest BCUT2D eigenvalue weighted by atomic mass is 35.5. The summed E-state index contributed by atoms with van der Waals surface area (Å²) in [6.45, 7) is 1.50. The minimum atomic E-state index is -3.54. The van der Waals surface area contributed by atoms with E-state index >= 15 is 0 Å². The van der Waals surface area contributed by atoms with Crippen LogP contribution in [0.4, 0.5) is 5.82 Å². The number of rotatable bonds is 4. The lowest BCUT2D eigenvalue weighted by Gasteiger charge is -2.34. The van der Waals surface area contributed by atoms with Crippen LogP contribution in [0, 0.1) is 0 Å². The highest BCUT2D eigenvalue weighted by Crippen LogP contribution is 2.28. The molecule has 8 nitrogen and oxygen atoms in total. The van der Waals surface area contributed by atoms with Gasteiger partial charge in [0.2, 0.25) is 0 Å². The second-order valence-corrected chi connectivity index (χ2v) is 8.89. The molecular weight excluding hydrogens is 376 g/mol. The highest BCUT2D eigenvalue weighted by molar-refractivity contribution is 7.91. The molecule has 0 bridgehead atoms. The van der Waals surface area contributed by atoms with Crippen molar-refractivity contribution in [1.82, 2.24) is 14.3 Å². The molecular formula is C13H13ClN4O4S2. The molecule has 0 radical (unpaired) electrons. The summed E-state index contributed by atoms with van der Waals surface area (Å²) in [7, 11) is -3.54. The molecule has 3 heterocycles. The molecule has 1 saturated heterocycles. The summed E-state index contributed by atoms with van der Waals surface area (Å²) in [6, 6.07) is 3.07. The molecule has 3 rings (SSSR count). The fourth-order valence-electron chi connectivity index (χ4n) is 2.32. The van der Waals surface area contributed by atoms with E-state index < -0.39 is 16.0 Å². The number of aromatic carboxylic acids is 1. The number of anilines is 1. The summed E-state index contributed by atoms with van der Waals surface area (Å²) in [5, 5.41) is 8.82. The van der Waals surface area contributed by atoms with Crippen molar-refractivity contribution in [2.24, 2.45) is 0 Å². The zero-order valence-corrected chi connectivity index (χ0v) is 14.7. The van der Waals surface area contributed by atoms with Crippen LogP contribution >= 0.6 is 22.9 Å². The molecule has 11 heteroatoms. The van der Waals surface area contributed by atoms with E-state index in [1.54, 1.807) is 6.07 Å². The van der Waals surface area contributed by atoms with Gasteiger partial charge in [0.15, 0.2) is 5.69 Å². The molecule has 0 amide bonds. The van der Waals surface area contributed by atoms with E-state index in [0.717, 1.165) is 11.3 Å². The van der Waals surface area contributed by atoms with Gasteiger partial charge >= 0.3 is 5.97 Å². The summed E-state index contributed by atoms with van der Waals surface area (Å²) in [4.78, 5) is 20.5. The van der Waals surface area contributed by atoms with E-state index in [0.29, 0.717) is 36.3 Å². The third kappa shape index (κ3) is 3.36. The van der Waals surface area contributed by atoms with E-state index in [-0.39, 0.29) is 9.90 Å². The normalized spacial score (nSPS) is 16.3. The first kappa shape index (κ1) is 17.1. The Morgan fingerprint density at radius 3 is 2.38 bits per heavy atom. The van der Waals surface area contributed by atoms with Gasteiger partial charge in [0.05, 0.1) is 16.7 Å². The molecule has 0 atom stereocenters. The number of carboxylic acid groups (broad SMARTS) is 1. The lowest BCUT2D eigenvalue weighted by atomic mass is 10.3. The van der Waals surface area contributed by atoms with Crippen molar-refractivity contribution in [3.05, 3.63) is 34.6 Å². The Hall–Kier alpha value is -1.75. The first-order valence-corrected chi connectivity index (χ1v) is 9.57. The maximum atomic E-state index is 12.5. The fourth-order valence-corrected chi connectivity index (χ4v) is 5.38. The van der Waals surface area contributed by atoms with Gasteiger partial charge in [-0.05, 0) is 12.1 Å². The van der Waals surface area contributed by atoms with Gasteiger partial charge in [-0.15, -0.1) is 11.3 Å². The maximum absolute atomic E-state index is 12.5. The van der Waals surface area contributed by atoms with Crippen molar-refractivity contribution in [3.8, 4) is 0 Å². The van der Waals surface area contributed by atoms with Gasteiger partial charge in [0.25, 0.3) is 10.0 Å². The topological polar surface area (TPSA) is 104 Å². The van der Waals surface area contributed by atoms with Crippen LogP contribution in [0.25, 0.3) is 0 Å². The molecule has 1 aliphatic rings. The molecule has 1 fully saturated rings. The van der Waals surface area contributed by atoms with Crippen LogP contribution in [0.3, 0.4) is 0 Å². The van der Waals surface area contributed by atoms with Crippen molar-refractivity contribution in [2.45, 2.75) is 4.21 Å². The molecule has 0 saturated carbocycles. The van der Waals surface area contributed by atoms with Gasteiger partial charge in [-0.3, -0.25) is 0 Å². The standard InChI is InChI=1S/C13H13ClN4O4S2/c14-10-1-2-12(23-10)24(21,22)18-5-3-17(4-6-18)11-8-15-9(7-16-11)13(19)20/h1-2,7-8H,3-6H2,(H,19,20). The second kappa shape index (κ2) is 6.63. The Bertz CT molecular complexity index is 845. The fraction of sp³-hybridized carbons (Fsp3) is 0.308. The Kier molecular flexibility index (Phi) is 4.72. The number of hydrogen-bond donors (Lipinski definition) is 1. The minimum absolute atomic E-state index is 0.130. The predicted octanol–water partition coefficient (Wildman–Crippen LogP) is 1.40. The number of halogens is 1. The van der Waals surface area contributed by atoms with E-state index in [1.165, 1.54) is 22.8 Å². The third-order valence-electron chi connectivity index (χ3n) is 3.56. The van der Waals surface area contributed by atoms with Gasteiger partial charge in [-0.2, -0.15) is 4.31 Å². The SMILES string of the molecule is O=C(O)c1cnc(N2CCN(S(=O)(=O)c3ccc(Cl)s3)CC2)cn1. The zero-order valence-electron chi connectivity index (χ0n) is 12.3. The summed E-state index contributed by atoms with van der Waals surface area (Å²) < 4.78 is 27.1. The van der Waals surface area contributed by atoms with Gasteiger partial charge in [0, 0.05) is 26.2 Å². The number of carbonyl (C=O) groups is 1. The summed E-state index contributed by atoms with van der Waals surface area (Å²) in [5.41, 5.74) is -0.130. The molecule has 0 aromatic carbocycles. The smallest absolute Gasteiger partial charge is 0.356 e. The van der Waals surface area contributed by atoms with Gasteiger partial charge in [-0.25, -0.2) is 23.2 Å². The van der Waals surface area contributed by atoms with Gasteiger partial charge in [0.1, 0.15) is 10.0 Å². The number of thiophene rings is 1. The number of sulfonamides is 1. The number of aromatic nitrogens is 2. The monoisotopic (exact) mass is 388 g/mol. The van der Waals surface area contributed by atoms with Crippen molar-refractivity contribution < 1.29 is 18.3 Å². The Balaban J connectivity index is 1.68. The predicted molar refractivity (Wildman–Crippen MR) is 89.3 cm³/mol. The number of nitrogens with zero attached hydrogens (tertiary/aromatic N) is 4. The first-order chi connectivity index (χ1) is 11.4. The number of hydrogen-bond acceptors (Lipinski definition) is 7. The van der Waals surface area contributed by atoms with Crippen LogP contribution in [-0.2, 0) is 10.0 Å². The molecule has 0 unspecified atom stereocenters. The summed E-state index contributed by atoms with van der Waals surface area (Å²) in [6.07, 6.45) is 2.57. The minimum Gasteiger partial charge on any atom is -0.476 e. The van der Waals surface area contributed by atoms with Crippen LogP contribution in [0.2, 0.25) is 4.34 Å². The summed E-state index contributed by atoms with van der Waals surface area (Å²) in [5.74, 6) is -0.615. The highest BCUT2D eigenvalue weighted by Gasteiger charge is 2.30. The summed E-state index contributed by atoms with van der Waals surface area (Å²) >= 11 is 6.85. The van der Waals surface area contributed by atoms with E-state index in [1.807, 2.05) is 4.90 Å². The van der Waals surface area contributed by atoms with E-state index in [9.17, 15) is 13.2 Å². The van der Waals surface area contributed by atoms with Crippen molar-refractivity contribution >= 4 is 44.7 Å². The lowest BCUT2D eigenvalue weighted by molar-refractivity contribution is 0.0690. The first-order valence-electron chi connectivity index (χ1n) is 6.94. The molecule has 0 spiro atoms. The average molecular weight is 389 g/mol. The number of piperazine rings is 1. The Morgan fingerprint density at radius 1 is 1.17 bits per heavy atom. The number of carboxylic acids is 1. The molecule has 1 N–H and O–H groups in total. The maximum Gasteiger partial charge on any atom is 0.356 e. The lowest BCUT2D eigenvalue weighted by Crippen LogP contribution is -2.48. The molecule has 2 aromatic rings. The van der Waals surface area contributed by atoms with Crippen LogP contribution in [0.1, 0.15) is 10.5 Å². The Morgan fingerprint density at radius 2 is 1.88 bits per heavy atom.